The van der Waals surface area contributed by atoms with Crippen LogP contribution in [0.3, 0.4) is 0 Å². The summed E-state index contributed by atoms with van der Waals surface area (Å²) in [6.07, 6.45) is 0. The van der Waals surface area contributed by atoms with E-state index in [1.165, 1.54) is 0 Å². The van der Waals surface area contributed by atoms with Crippen molar-refractivity contribution in [3.63, 3.8) is 0 Å². The van der Waals surface area contributed by atoms with Crippen LogP contribution in [0.15, 0.2) is 0 Å². The van der Waals surface area contributed by atoms with Gasteiger partial charge in [-0.25, -0.2) is 0 Å². The molecule has 0 aromatic rings. The predicted molar refractivity (Wildman–Crippen MR) is 0 cm³/mol. The molecule has 0 N–H and O–H groups in total. The Kier molecular flexibility index (Phi) is 134. The van der Waals surface area contributed by atoms with Crippen LogP contribution < -0.4 is 0 Å². The van der Waals surface area contributed by atoms with Gasteiger partial charge in [0.2, 0.25) is 0 Å². The third-order valence-corrected chi connectivity index (χ3v) is 0. The Morgan fingerprint density at radius 2 is 1.00 bits per heavy atom. The largest absolute Gasteiger partial charge is 0 e. The first-order valence-corrected chi connectivity index (χ1v) is 0. The third kappa shape index (κ3) is 8.82. The van der Waals surface area contributed by atoms with Crippen LogP contribution in [-0.4, -0.2) is 0 Å². The molecule has 0 unspecified atom stereocenters. The molecule has 0 aromatic heterocycles. The molecule has 0 heterocycles. The summed E-state index contributed by atoms with van der Waals surface area (Å²) in [4.78, 5) is 0. The first-order chi connectivity index (χ1) is 0. The van der Waals surface area contributed by atoms with Gasteiger partial charge in [0.15, 0.2) is 0 Å². The quantitative estimate of drug-likeness (QED) is 0.533. The molecule has 0 fully saturated rings. The van der Waals surface area contributed by atoms with Crippen LogP contribution in [0.25, 0.3) is 0 Å². The van der Waals surface area contributed by atoms with Crippen LogP contribution in [0.4, 0.5) is 0 Å². The zero-order chi connectivity index (χ0) is 0. The summed E-state index contributed by atoms with van der Waals surface area (Å²) < 4.78 is 0. The second-order valence-corrected chi connectivity index (χ2v) is 0. The topological polar surface area (TPSA) is 0 Å². The normalized spacial score (nSPS) is 0. The van der Waals surface area contributed by atoms with E-state index in [2.05, 4.69) is 0 Å². The second-order valence-electron chi connectivity index (χ2n) is 0. The zero-order valence-corrected chi connectivity index (χ0v) is 7.78. The number of hydrogen-bond donors (Lipinski definition) is 0. The van der Waals surface area contributed by atoms with Crippen molar-refractivity contribution < 1.29 is 81.5 Å². The molecular formula is FeNiTiZr. The van der Waals surface area contributed by atoms with Crippen molar-refractivity contribution in [3.8, 4) is 0 Å². The third-order valence-electron chi connectivity index (χ3n) is 0. The van der Waals surface area contributed by atoms with Gasteiger partial charge in [-0.1, -0.05) is 0 Å². The molecule has 4 heavy (non-hydrogen) atoms. The second kappa shape index (κ2) is 17.5. The Bertz CT molecular complexity index is 8.00. The summed E-state index contributed by atoms with van der Waals surface area (Å²) in [5, 5.41) is 0. The van der Waals surface area contributed by atoms with E-state index in [1.54, 1.807) is 0 Å². The van der Waals surface area contributed by atoms with Crippen molar-refractivity contribution in [2.45, 2.75) is 0 Å². The van der Waals surface area contributed by atoms with E-state index < -0.39 is 0 Å². The van der Waals surface area contributed by atoms with E-state index in [1.807, 2.05) is 0 Å². The summed E-state index contributed by atoms with van der Waals surface area (Å²) in [5.74, 6) is 0. The first kappa shape index (κ1) is 30.5. The van der Waals surface area contributed by atoms with Gasteiger partial charge in [-0.2, -0.15) is 0 Å². The van der Waals surface area contributed by atoms with Gasteiger partial charge in [0.1, 0.15) is 0 Å². The Labute approximate surface area is 80.3 Å². The SMILES string of the molecule is [Fe].[Ni].[Ti].[Zr]. The van der Waals surface area contributed by atoms with Gasteiger partial charge in [0, 0.05) is 81.5 Å². The van der Waals surface area contributed by atoms with Crippen molar-refractivity contribution in [2.24, 2.45) is 0 Å². The van der Waals surface area contributed by atoms with E-state index in [-0.39, 0.29) is 81.5 Å². The van der Waals surface area contributed by atoms with Crippen LogP contribution in [0.5, 0.6) is 0 Å². The maximum Gasteiger partial charge on any atom is 0 e. The zero-order valence-electron chi connectivity index (χ0n) is 1.67. The summed E-state index contributed by atoms with van der Waals surface area (Å²) in [5.41, 5.74) is 0. The maximum atomic E-state index is 0. The molecule has 0 spiro atoms. The molecule has 0 atom stereocenters. The minimum absolute atomic E-state index is 0. The Morgan fingerprint density at radius 1 is 1.00 bits per heavy atom. The fraction of sp³-hybridized carbons (Fsp3) is 0. The predicted octanol–water partition coefficient (Wildman–Crippen LogP) is -0.0100. The first-order valence-electron chi connectivity index (χ1n) is 0. The van der Waals surface area contributed by atoms with Crippen molar-refractivity contribution >= 4 is 0 Å². The van der Waals surface area contributed by atoms with E-state index >= 15 is 0 Å². The van der Waals surface area contributed by atoms with Gasteiger partial charge in [-0.3, -0.25) is 0 Å². The Morgan fingerprint density at radius 3 is 1.00 bits per heavy atom. The van der Waals surface area contributed by atoms with Crippen molar-refractivity contribution in [1.82, 2.24) is 0 Å². The fourth-order valence-corrected chi connectivity index (χ4v) is 0. The molecule has 0 aromatic carbocycles. The fourth-order valence-electron chi connectivity index (χ4n) is 0. The molecule has 0 saturated heterocycles. The van der Waals surface area contributed by atoms with Gasteiger partial charge in [0.25, 0.3) is 0 Å². The van der Waals surface area contributed by atoms with Gasteiger partial charge >= 0.3 is 0 Å². The summed E-state index contributed by atoms with van der Waals surface area (Å²) >= 11 is 0. The van der Waals surface area contributed by atoms with Crippen LogP contribution in [0.1, 0.15) is 0 Å². The van der Waals surface area contributed by atoms with Crippen LogP contribution >= 0.6 is 0 Å². The van der Waals surface area contributed by atoms with Crippen LogP contribution in [0, 0.1) is 0 Å². The van der Waals surface area contributed by atoms with E-state index in [0.29, 0.717) is 0 Å². The molecule has 0 aliphatic rings. The molecule has 0 amide bonds. The smallest absolute Gasteiger partial charge is 0 e. The Hall–Kier alpha value is 2.61. The number of hydrogen-bond acceptors (Lipinski definition) is 0. The molecule has 0 saturated carbocycles. The monoisotopic (exact) mass is 252 g/mol. The Balaban J connectivity index is 0. The summed E-state index contributed by atoms with van der Waals surface area (Å²) in [6, 6.07) is 0. The van der Waals surface area contributed by atoms with E-state index in [0.717, 1.165) is 0 Å². The molecule has 0 radical (unpaired) electrons. The summed E-state index contributed by atoms with van der Waals surface area (Å²) in [7, 11) is 0. The van der Waals surface area contributed by atoms with E-state index in [4.69, 9.17) is 0 Å². The van der Waals surface area contributed by atoms with E-state index in [9.17, 15) is 0 Å². The average Bonchev–Trinajstić information content (AvgIpc) is 0. The molecule has 0 aliphatic carbocycles. The molecule has 4 heteroatoms. The average molecular weight is 254 g/mol. The van der Waals surface area contributed by atoms with Crippen molar-refractivity contribution in [3.05, 3.63) is 0 Å². The molecule has 0 bridgehead atoms. The van der Waals surface area contributed by atoms with Crippen LogP contribution in [-0.2, 0) is 81.5 Å². The van der Waals surface area contributed by atoms with Gasteiger partial charge in [-0.15, -0.1) is 0 Å². The van der Waals surface area contributed by atoms with Gasteiger partial charge < -0.3 is 0 Å². The molecular weight excluding hydrogens is 254 g/mol. The minimum atomic E-state index is 0. The van der Waals surface area contributed by atoms with Crippen LogP contribution in [0.2, 0.25) is 0 Å². The maximum absolute atomic E-state index is 0. The molecule has 0 rings (SSSR count). The standard InChI is InChI=1S/Fe.Ni.Ti.Zr. The van der Waals surface area contributed by atoms with Gasteiger partial charge in [0.05, 0.1) is 0 Å². The minimum Gasteiger partial charge on any atom is 0 e. The number of rotatable bonds is 0. The summed E-state index contributed by atoms with van der Waals surface area (Å²) in [6.45, 7) is 0. The van der Waals surface area contributed by atoms with Crippen molar-refractivity contribution in [2.75, 3.05) is 0 Å². The molecule has 0 aliphatic heterocycles. The van der Waals surface area contributed by atoms with Crippen molar-refractivity contribution in [1.29, 1.82) is 0 Å². The molecule has 26 valence electrons. The van der Waals surface area contributed by atoms with Gasteiger partial charge in [-0.05, 0) is 0 Å². The molecule has 0 nitrogen and oxygen atoms in total.